The highest BCUT2D eigenvalue weighted by Gasteiger charge is 2.24. The minimum atomic E-state index is -0.496. The van der Waals surface area contributed by atoms with Crippen molar-refractivity contribution in [1.82, 2.24) is 5.32 Å². The Kier molecular flexibility index (Phi) is 7.26. The molecule has 2 aromatic carbocycles. The van der Waals surface area contributed by atoms with E-state index in [-0.39, 0.29) is 19.1 Å². The molecule has 2 N–H and O–H groups in total. The monoisotopic (exact) mass is 411 g/mol. The van der Waals surface area contributed by atoms with Crippen molar-refractivity contribution in [3.63, 3.8) is 0 Å². The molecule has 1 aliphatic heterocycles. The molecule has 3 amide bonds. The molecule has 1 heterocycles. The van der Waals surface area contributed by atoms with Crippen LogP contribution in [0.2, 0.25) is 0 Å². The van der Waals surface area contributed by atoms with E-state index in [4.69, 9.17) is 9.47 Å². The molecule has 0 aromatic heterocycles. The Morgan fingerprint density at radius 1 is 1.17 bits per heavy atom. The number of carbonyl (C=O) groups is 3. The number of nitrogens with one attached hydrogen (secondary N) is 2. The first kappa shape index (κ1) is 21.2. The van der Waals surface area contributed by atoms with Gasteiger partial charge in [-0.1, -0.05) is 36.4 Å². The molecular weight excluding hydrogens is 386 g/mol. The molecule has 1 fully saturated rings. The summed E-state index contributed by atoms with van der Waals surface area (Å²) >= 11 is 0. The average molecular weight is 411 g/mol. The van der Waals surface area contributed by atoms with Crippen LogP contribution in [-0.2, 0) is 20.7 Å². The van der Waals surface area contributed by atoms with Crippen LogP contribution in [0.1, 0.15) is 12.5 Å². The molecular formula is C22H25N3O5. The number of cyclic esters (lactones) is 1. The van der Waals surface area contributed by atoms with E-state index >= 15 is 0 Å². The van der Waals surface area contributed by atoms with Crippen molar-refractivity contribution in [3.05, 3.63) is 60.2 Å². The standard InChI is InChI=1S/C22H25N3O5/c1-2-29-20(26)17(13-16-7-4-3-5-8-16)15-23-21(27)24-18-9-6-10-19(14-18)25-11-12-30-22(25)28/h3-10,14,17H,2,11-13,15H2,1H3,(H2,23,24,27). The summed E-state index contributed by atoms with van der Waals surface area (Å²) in [5, 5.41) is 5.46. The molecule has 0 aliphatic carbocycles. The molecule has 30 heavy (non-hydrogen) atoms. The van der Waals surface area contributed by atoms with E-state index in [1.165, 1.54) is 4.90 Å². The first-order valence-electron chi connectivity index (χ1n) is 9.86. The third-order valence-corrected chi connectivity index (χ3v) is 4.63. The van der Waals surface area contributed by atoms with Crippen molar-refractivity contribution in [2.45, 2.75) is 13.3 Å². The fourth-order valence-electron chi connectivity index (χ4n) is 3.17. The van der Waals surface area contributed by atoms with E-state index in [0.29, 0.717) is 30.9 Å². The average Bonchev–Trinajstić information content (AvgIpc) is 3.18. The van der Waals surface area contributed by atoms with Crippen LogP contribution in [0.4, 0.5) is 21.0 Å². The summed E-state index contributed by atoms with van der Waals surface area (Å²) in [6.45, 7) is 2.98. The third kappa shape index (κ3) is 5.73. The molecule has 8 nitrogen and oxygen atoms in total. The first-order valence-corrected chi connectivity index (χ1v) is 9.86. The topological polar surface area (TPSA) is 97.0 Å². The van der Waals surface area contributed by atoms with E-state index in [0.717, 1.165) is 5.56 Å². The summed E-state index contributed by atoms with van der Waals surface area (Å²) < 4.78 is 10.1. The van der Waals surface area contributed by atoms with Gasteiger partial charge < -0.3 is 20.1 Å². The Morgan fingerprint density at radius 3 is 2.67 bits per heavy atom. The number of anilines is 2. The molecule has 8 heteroatoms. The second-order valence-electron chi connectivity index (χ2n) is 6.79. The van der Waals surface area contributed by atoms with E-state index in [1.807, 2.05) is 30.3 Å². The second kappa shape index (κ2) is 10.3. The SMILES string of the molecule is CCOC(=O)C(CNC(=O)Nc1cccc(N2CCOC2=O)c1)Cc1ccccc1. The highest BCUT2D eigenvalue weighted by atomic mass is 16.6. The van der Waals surface area contributed by atoms with Crippen LogP contribution >= 0.6 is 0 Å². The molecule has 1 aliphatic rings. The van der Waals surface area contributed by atoms with Crippen molar-refractivity contribution >= 4 is 29.5 Å². The molecule has 1 atom stereocenters. The van der Waals surface area contributed by atoms with E-state index in [9.17, 15) is 14.4 Å². The Labute approximate surface area is 175 Å². The van der Waals surface area contributed by atoms with Gasteiger partial charge in [-0.2, -0.15) is 0 Å². The number of hydrogen-bond acceptors (Lipinski definition) is 5. The van der Waals surface area contributed by atoms with Crippen molar-refractivity contribution in [3.8, 4) is 0 Å². The molecule has 0 saturated carbocycles. The molecule has 158 valence electrons. The second-order valence-corrected chi connectivity index (χ2v) is 6.79. The normalized spacial score (nSPS) is 14.0. The van der Waals surface area contributed by atoms with Crippen LogP contribution in [0.15, 0.2) is 54.6 Å². The molecule has 2 aromatic rings. The Hall–Kier alpha value is -3.55. The minimum absolute atomic E-state index is 0.137. The van der Waals surface area contributed by atoms with E-state index < -0.39 is 18.0 Å². The van der Waals surface area contributed by atoms with Crippen LogP contribution in [0.3, 0.4) is 0 Å². The number of nitrogens with zero attached hydrogens (tertiary/aromatic N) is 1. The van der Waals surface area contributed by atoms with Gasteiger partial charge in [0.1, 0.15) is 6.61 Å². The van der Waals surface area contributed by atoms with Crippen molar-refractivity contribution in [2.75, 3.05) is 36.5 Å². The quantitative estimate of drug-likeness (QED) is 0.651. The number of amides is 3. The van der Waals surface area contributed by atoms with Crippen molar-refractivity contribution in [1.29, 1.82) is 0 Å². The van der Waals surface area contributed by atoms with Gasteiger partial charge in [0.15, 0.2) is 0 Å². The number of carbonyl (C=O) groups excluding carboxylic acids is 3. The summed E-state index contributed by atoms with van der Waals surface area (Å²) in [7, 11) is 0. The van der Waals surface area contributed by atoms with Gasteiger partial charge in [-0.3, -0.25) is 9.69 Å². The number of urea groups is 1. The predicted molar refractivity (Wildman–Crippen MR) is 112 cm³/mol. The molecule has 3 rings (SSSR count). The zero-order chi connectivity index (χ0) is 21.3. The maximum atomic E-state index is 12.4. The van der Waals surface area contributed by atoms with Crippen LogP contribution in [0.5, 0.6) is 0 Å². The Balaban J connectivity index is 1.58. The summed E-state index contributed by atoms with van der Waals surface area (Å²) in [6.07, 6.45) is 0.0572. The first-order chi connectivity index (χ1) is 14.6. The zero-order valence-electron chi connectivity index (χ0n) is 16.8. The van der Waals surface area contributed by atoms with E-state index in [1.54, 1.807) is 31.2 Å². The van der Waals surface area contributed by atoms with E-state index in [2.05, 4.69) is 10.6 Å². The molecule has 1 saturated heterocycles. The lowest BCUT2D eigenvalue weighted by Gasteiger charge is -2.17. The third-order valence-electron chi connectivity index (χ3n) is 4.63. The highest BCUT2D eigenvalue weighted by Crippen LogP contribution is 2.22. The lowest BCUT2D eigenvalue weighted by atomic mass is 9.99. The lowest BCUT2D eigenvalue weighted by Crippen LogP contribution is -2.37. The molecule has 0 spiro atoms. The fraction of sp³-hybridized carbons (Fsp3) is 0.318. The maximum Gasteiger partial charge on any atom is 0.414 e. The van der Waals surface area contributed by atoms with Gasteiger partial charge in [0.05, 0.1) is 19.1 Å². The van der Waals surface area contributed by atoms with Gasteiger partial charge in [-0.15, -0.1) is 0 Å². The number of hydrogen-bond donors (Lipinski definition) is 2. The van der Waals surface area contributed by atoms with Crippen molar-refractivity contribution in [2.24, 2.45) is 5.92 Å². The van der Waals surface area contributed by atoms with Gasteiger partial charge in [-0.05, 0) is 37.1 Å². The van der Waals surface area contributed by atoms with Gasteiger partial charge in [0, 0.05) is 17.9 Å². The van der Waals surface area contributed by atoms with Crippen LogP contribution in [-0.4, -0.2) is 44.4 Å². The smallest absolute Gasteiger partial charge is 0.414 e. The number of ether oxygens (including phenoxy) is 2. The summed E-state index contributed by atoms with van der Waals surface area (Å²) in [4.78, 5) is 37.9. The van der Waals surface area contributed by atoms with Gasteiger partial charge in [0.2, 0.25) is 0 Å². The summed E-state index contributed by atoms with van der Waals surface area (Å²) in [5.74, 6) is -0.847. The summed E-state index contributed by atoms with van der Waals surface area (Å²) in [5.41, 5.74) is 2.16. The molecule has 1 unspecified atom stereocenters. The van der Waals surface area contributed by atoms with Gasteiger partial charge in [-0.25, -0.2) is 9.59 Å². The molecule has 0 radical (unpaired) electrons. The lowest BCUT2D eigenvalue weighted by molar-refractivity contribution is -0.147. The van der Waals surface area contributed by atoms with Gasteiger partial charge >= 0.3 is 18.1 Å². The van der Waals surface area contributed by atoms with Crippen LogP contribution in [0.25, 0.3) is 0 Å². The number of esters is 1. The summed E-state index contributed by atoms with van der Waals surface area (Å²) in [6, 6.07) is 16.1. The Bertz CT molecular complexity index is 887. The molecule has 0 bridgehead atoms. The Morgan fingerprint density at radius 2 is 1.97 bits per heavy atom. The van der Waals surface area contributed by atoms with Crippen LogP contribution < -0.4 is 15.5 Å². The maximum absolute atomic E-state index is 12.4. The number of rotatable bonds is 8. The largest absolute Gasteiger partial charge is 0.466 e. The highest BCUT2D eigenvalue weighted by molar-refractivity contribution is 5.93. The van der Waals surface area contributed by atoms with Crippen LogP contribution in [0, 0.1) is 5.92 Å². The zero-order valence-corrected chi connectivity index (χ0v) is 16.8. The number of benzene rings is 2. The van der Waals surface area contributed by atoms with Crippen molar-refractivity contribution < 1.29 is 23.9 Å². The fourth-order valence-corrected chi connectivity index (χ4v) is 3.17. The predicted octanol–water partition coefficient (Wildman–Crippen LogP) is 3.19. The minimum Gasteiger partial charge on any atom is -0.466 e. The van der Waals surface area contributed by atoms with Gasteiger partial charge in [0.25, 0.3) is 0 Å².